The Bertz CT molecular complexity index is 303. The fourth-order valence-electron chi connectivity index (χ4n) is 1.97. The predicted octanol–water partition coefficient (Wildman–Crippen LogP) is 4.65. The molecule has 0 saturated heterocycles. The Kier molecular flexibility index (Phi) is 9.18. The minimum Gasteiger partial charge on any atom is -0.313 e. The van der Waals surface area contributed by atoms with Crippen molar-refractivity contribution in [1.29, 1.82) is 0 Å². The Hall–Kier alpha value is -1.08. The van der Waals surface area contributed by atoms with Gasteiger partial charge in [-0.05, 0) is 18.5 Å². The lowest BCUT2D eigenvalue weighted by atomic mass is 10.1. The molecule has 100 valence electrons. The first-order valence-electron chi connectivity index (χ1n) is 7.36. The molecule has 1 aromatic carbocycles. The van der Waals surface area contributed by atoms with Gasteiger partial charge < -0.3 is 5.32 Å². The molecule has 0 fully saturated rings. The van der Waals surface area contributed by atoms with Gasteiger partial charge in [-0.2, -0.15) is 0 Å². The zero-order valence-corrected chi connectivity index (χ0v) is 11.7. The van der Waals surface area contributed by atoms with Gasteiger partial charge in [0.15, 0.2) is 0 Å². The first-order chi connectivity index (χ1) is 8.93. The van der Waals surface area contributed by atoms with Crippen LogP contribution in [0.15, 0.2) is 36.4 Å². The van der Waals surface area contributed by atoms with Crippen LogP contribution in [-0.2, 0) is 0 Å². The van der Waals surface area contributed by atoms with Crippen LogP contribution in [-0.4, -0.2) is 13.1 Å². The van der Waals surface area contributed by atoms with Gasteiger partial charge >= 0.3 is 0 Å². The molecule has 0 spiro atoms. The van der Waals surface area contributed by atoms with E-state index in [0.717, 1.165) is 13.1 Å². The van der Waals surface area contributed by atoms with Gasteiger partial charge in [0.25, 0.3) is 0 Å². The largest absolute Gasteiger partial charge is 0.313 e. The first kappa shape index (κ1) is 15.0. The van der Waals surface area contributed by atoms with E-state index in [9.17, 15) is 0 Å². The maximum atomic E-state index is 3.46. The summed E-state index contributed by atoms with van der Waals surface area (Å²) in [6.07, 6.45) is 12.6. The van der Waals surface area contributed by atoms with Crippen LogP contribution in [0.25, 0.3) is 6.08 Å². The molecular weight excluding hydrogens is 218 g/mol. The van der Waals surface area contributed by atoms with E-state index in [1.807, 2.05) is 6.07 Å². The summed E-state index contributed by atoms with van der Waals surface area (Å²) in [5, 5.41) is 3.46. The van der Waals surface area contributed by atoms with Crippen molar-refractivity contribution in [1.82, 2.24) is 5.32 Å². The monoisotopic (exact) mass is 245 g/mol. The van der Waals surface area contributed by atoms with Gasteiger partial charge in [0.2, 0.25) is 0 Å². The Morgan fingerprint density at radius 1 is 0.944 bits per heavy atom. The van der Waals surface area contributed by atoms with Crippen LogP contribution in [0, 0.1) is 0 Å². The zero-order chi connectivity index (χ0) is 12.9. The lowest BCUT2D eigenvalue weighted by molar-refractivity contribution is 0.585. The molecule has 1 nitrogen and oxygen atoms in total. The quantitative estimate of drug-likeness (QED) is 0.592. The number of benzene rings is 1. The van der Waals surface area contributed by atoms with Gasteiger partial charge in [0.05, 0.1) is 0 Å². The minimum absolute atomic E-state index is 0.976. The van der Waals surface area contributed by atoms with Crippen LogP contribution in [0.5, 0.6) is 0 Å². The third-order valence-corrected chi connectivity index (χ3v) is 3.08. The third kappa shape index (κ3) is 8.08. The highest BCUT2D eigenvalue weighted by Gasteiger charge is 1.89. The van der Waals surface area contributed by atoms with Crippen molar-refractivity contribution in [3.05, 3.63) is 42.0 Å². The Labute approximate surface area is 112 Å². The van der Waals surface area contributed by atoms with Crippen LogP contribution in [0.2, 0.25) is 0 Å². The predicted molar refractivity (Wildman–Crippen MR) is 81.7 cm³/mol. The molecule has 0 aliphatic heterocycles. The van der Waals surface area contributed by atoms with E-state index in [2.05, 4.69) is 48.7 Å². The summed E-state index contributed by atoms with van der Waals surface area (Å²) < 4.78 is 0. The minimum atomic E-state index is 0.976. The molecule has 1 N–H and O–H groups in total. The highest BCUT2D eigenvalue weighted by molar-refractivity contribution is 5.48. The first-order valence-corrected chi connectivity index (χ1v) is 7.36. The lowest BCUT2D eigenvalue weighted by Crippen LogP contribution is -2.14. The van der Waals surface area contributed by atoms with Gasteiger partial charge in [0.1, 0.15) is 0 Å². The van der Waals surface area contributed by atoms with Gasteiger partial charge in [-0.25, -0.2) is 0 Å². The molecule has 0 unspecified atom stereocenters. The molecule has 0 atom stereocenters. The number of unbranched alkanes of at least 4 members (excludes halogenated alkanes) is 5. The summed E-state index contributed by atoms with van der Waals surface area (Å²) >= 11 is 0. The van der Waals surface area contributed by atoms with Crippen LogP contribution in [0.4, 0.5) is 0 Å². The average molecular weight is 245 g/mol. The molecule has 0 aromatic heterocycles. The van der Waals surface area contributed by atoms with E-state index in [-0.39, 0.29) is 0 Å². The fraction of sp³-hybridized carbons (Fsp3) is 0.529. The van der Waals surface area contributed by atoms with E-state index < -0.39 is 0 Å². The molecule has 1 aromatic rings. The molecule has 1 rings (SSSR count). The molecule has 18 heavy (non-hydrogen) atoms. The van der Waals surface area contributed by atoms with E-state index in [4.69, 9.17) is 0 Å². The van der Waals surface area contributed by atoms with Crippen molar-refractivity contribution >= 4 is 6.08 Å². The van der Waals surface area contributed by atoms with Gasteiger partial charge in [0, 0.05) is 6.54 Å². The summed E-state index contributed by atoms with van der Waals surface area (Å²) in [5.74, 6) is 0. The molecular formula is C17H27N. The van der Waals surface area contributed by atoms with Crippen molar-refractivity contribution in [2.24, 2.45) is 0 Å². The van der Waals surface area contributed by atoms with Crippen LogP contribution < -0.4 is 5.32 Å². The molecule has 0 amide bonds. The zero-order valence-electron chi connectivity index (χ0n) is 11.7. The molecule has 0 heterocycles. The average Bonchev–Trinajstić information content (AvgIpc) is 2.42. The second kappa shape index (κ2) is 11.0. The van der Waals surface area contributed by atoms with Crippen molar-refractivity contribution in [3.8, 4) is 0 Å². The summed E-state index contributed by atoms with van der Waals surface area (Å²) in [4.78, 5) is 0. The SMILES string of the molecule is CCCCCCCCNCC=Cc1ccccc1. The van der Waals surface area contributed by atoms with Gasteiger partial charge in [-0.1, -0.05) is 81.5 Å². The standard InChI is InChI=1S/C17H27N/c1-2-3-4-5-6-10-15-18-16-11-14-17-12-8-7-9-13-17/h7-9,11-14,18H,2-6,10,15-16H2,1H3. The molecule has 0 radical (unpaired) electrons. The van der Waals surface area contributed by atoms with Crippen molar-refractivity contribution in [2.75, 3.05) is 13.1 Å². The maximum absolute atomic E-state index is 3.46. The van der Waals surface area contributed by atoms with Crippen molar-refractivity contribution in [2.45, 2.75) is 45.4 Å². The Morgan fingerprint density at radius 3 is 2.44 bits per heavy atom. The van der Waals surface area contributed by atoms with E-state index in [1.165, 1.54) is 44.1 Å². The second-order valence-electron chi connectivity index (χ2n) is 4.78. The van der Waals surface area contributed by atoms with Crippen LogP contribution in [0.1, 0.15) is 51.0 Å². The molecule has 0 saturated carbocycles. The van der Waals surface area contributed by atoms with Crippen LogP contribution >= 0.6 is 0 Å². The van der Waals surface area contributed by atoms with Gasteiger partial charge in [-0.15, -0.1) is 0 Å². The topological polar surface area (TPSA) is 12.0 Å². The molecule has 0 aliphatic rings. The number of nitrogens with one attached hydrogen (secondary N) is 1. The highest BCUT2D eigenvalue weighted by atomic mass is 14.8. The number of hydrogen-bond acceptors (Lipinski definition) is 1. The molecule has 0 bridgehead atoms. The summed E-state index contributed by atoms with van der Waals surface area (Å²) in [6.45, 7) is 4.38. The summed E-state index contributed by atoms with van der Waals surface area (Å²) in [6, 6.07) is 10.5. The van der Waals surface area contributed by atoms with E-state index >= 15 is 0 Å². The second-order valence-corrected chi connectivity index (χ2v) is 4.78. The Morgan fingerprint density at radius 2 is 1.67 bits per heavy atom. The lowest BCUT2D eigenvalue weighted by Gasteiger charge is -2.01. The normalized spacial score (nSPS) is 11.2. The smallest absolute Gasteiger partial charge is 0.0138 e. The number of rotatable bonds is 10. The highest BCUT2D eigenvalue weighted by Crippen LogP contribution is 2.04. The molecule has 1 heteroatoms. The summed E-state index contributed by atoms with van der Waals surface area (Å²) in [5.41, 5.74) is 1.28. The fourth-order valence-corrected chi connectivity index (χ4v) is 1.97. The van der Waals surface area contributed by atoms with Crippen molar-refractivity contribution < 1.29 is 0 Å². The number of hydrogen-bond donors (Lipinski definition) is 1. The van der Waals surface area contributed by atoms with Crippen molar-refractivity contribution in [3.63, 3.8) is 0 Å². The van der Waals surface area contributed by atoms with E-state index in [0.29, 0.717) is 0 Å². The maximum Gasteiger partial charge on any atom is 0.0138 e. The summed E-state index contributed by atoms with van der Waals surface area (Å²) in [7, 11) is 0. The van der Waals surface area contributed by atoms with Gasteiger partial charge in [-0.3, -0.25) is 0 Å². The third-order valence-electron chi connectivity index (χ3n) is 3.08. The Balaban J connectivity index is 1.91. The van der Waals surface area contributed by atoms with Crippen LogP contribution in [0.3, 0.4) is 0 Å². The van der Waals surface area contributed by atoms with E-state index in [1.54, 1.807) is 0 Å². The molecule has 0 aliphatic carbocycles.